The molecule has 0 aliphatic carbocycles. The van der Waals surface area contributed by atoms with Crippen LogP contribution in [0.2, 0.25) is 0 Å². The number of ether oxygens (including phenoxy) is 1. The Morgan fingerprint density at radius 3 is 2.80 bits per heavy atom. The van der Waals surface area contributed by atoms with Gasteiger partial charge >= 0.3 is 0 Å². The SMILES string of the molecule is C=C(C)CCOCC(=O)c1ccc(C)s1. The lowest BCUT2D eigenvalue weighted by Gasteiger charge is -2.01. The van der Waals surface area contributed by atoms with Crippen molar-refractivity contribution in [3.8, 4) is 0 Å². The van der Waals surface area contributed by atoms with Crippen LogP contribution in [-0.2, 0) is 4.74 Å². The predicted octanol–water partition coefficient (Wildman–Crippen LogP) is 3.22. The van der Waals surface area contributed by atoms with Crippen molar-refractivity contribution < 1.29 is 9.53 Å². The van der Waals surface area contributed by atoms with Crippen molar-refractivity contribution in [1.29, 1.82) is 0 Å². The van der Waals surface area contributed by atoms with E-state index in [0.29, 0.717) is 6.61 Å². The number of rotatable bonds is 6. The molecule has 0 fully saturated rings. The summed E-state index contributed by atoms with van der Waals surface area (Å²) in [5.41, 5.74) is 1.08. The summed E-state index contributed by atoms with van der Waals surface area (Å²) >= 11 is 1.51. The van der Waals surface area contributed by atoms with Gasteiger partial charge in [-0.1, -0.05) is 5.57 Å². The third-order valence-electron chi connectivity index (χ3n) is 1.92. The van der Waals surface area contributed by atoms with E-state index in [0.717, 1.165) is 21.7 Å². The largest absolute Gasteiger partial charge is 0.373 e. The second kappa shape index (κ2) is 5.83. The highest BCUT2D eigenvalue weighted by Crippen LogP contribution is 2.15. The van der Waals surface area contributed by atoms with Gasteiger partial charge in [0.15, 0.2) is 5.78 Å². The molecule has 0 bridgehead atoms. The lowest BCUT2D eigenvalue weighted by Crippen LogP contribution is -2.08. The van der Waals surface area contributed by atoms with Crippen molar-refractivity contribution >= 4 is 17.1 Å². The third kappa shape index (κ3) is 4.40. The molecule has 1 aromatic heterocycles. The molecule has 0 atom stereocenters. The van der Waals surface area contributed by atoms with Crippen molar-refractivity contribution in [2.45, 2.75) is 20.3 Å². The van der Waals surface area contributed by atoms with Crippen LogP contribution in [-0.4, -0.2) is 19.0 Å². The van der Waals surface area contributed by atoms with E-state index in [1.165, 1.54) is 11.3 Å². The average molecular weight is 224 g/mol. The van der Waals surface area contributed by atoms with Crippen molar-refractivity contribution in [2.75, 3.05) is 13.2 Å². The maximum Gasteiger partial charge on any atom is 0.198 e. The summed E-state index contributed by atoms with van der Waals surface area (Å²) in [7, 11) is 0. The van der Waals surface area contributed by atoms with Crippen LogP contribution >= 0.6 is 11.3 Å². The molecule has 2 nitrogen and oxygen atoms in total. The smallest absolute Gasteiger partial charge is 0.198 e. The first-order valence-corrected chi connectivity index (χ1v) is 5.73. The van der Waals surface area contributed by atoms with Gasteiger partial charge in [0, 0.05) is 4.88 Å². The van der Waals surface area contributed by atoms with E-state index >= 15 is 0 Å². The lowest BCUT2D eigenvalue weighted by molar-refractivity contribution is 0.0769. The van der Waals surface area contributed by atoms with E-state index in [-0.39, 0.29) is 12.4 Å². The first-order chi connectivity index (χ1) is 7.09. The molecule has 0 aromatic carbocycles. The van der Waals surface area contributed by atoms with Crippen molar-refractivity contribution in [3.05, 3.63) is 34.0 Å². The van der Waals surface area contributed by atoms with Crippen LogP contribution in [0.5, 0.6) is 0 Å². The molecule has 1 heterocycles. The number of aryl methyl sites for hydroxylation is 1. The first kappa shape index (κ1) is 12.1. The highest BCUT2D eigenvalue weighted by atomic mass is 32.1. The Morgan fingerprint density at radius 2 is 2.27 bits per heavy atom. The Morgan fingerprint density at radius 1 is 1.53 bits per heavy atom. The standard InChI is InChI=1S/C12H16O2S/c1-9(2)6-7-14-8-11(13)12-5-4-10(3)15-12/h4-5H,1,6-8H2,2-3H3. The first-order valence-electron chi connectivity index (χ1n) is 4.91. The number of ketones is 1. The second-order valence-electron chi connectivity index (χ2n) is 3.59. The minimum Gasteiger partial charge on any atom is -0.373 e. The number of thiophene rings is 1. The molecule has 0 saturated heterocycles. The van der Waals surface area contributed by atoms with Crippen molar-refractivity contribution in [3.63, 3.8) is 0 Å². The Kier molecular flexibility index (Phi) is 4.72. The maximum absolute atomic E-state index is 11.6. The van der Waals surface area contributed by atoms with Crippen molar-refractivity contribution in [2.24, 2.45) is 0 Å². The van der Waals surface area contributed by atoms with E-state index in [2.05, 4.69) is 6.58 Å². The monoisotopic (exact) mass is 224 g/mol. The summed E-state index contributed by atoms with van der Waals surface area (Å²) < 4.78 is 5.27. The number of Topliss-reactive ketones (excluding diaryl/α,β-unsaturated/α-hetero) is 1. The Hall–Kier alpha value is -0.930. The van der Waals surface area contributed by atoms with Crippen LogP contribution in [0.1, 0.15) is 27.9 Å². The number of hydrogen-bond acceptors (Lipinski definition) is 3. The summed E-state index contributed by atoms with van der Waals surface area (Å²) in [6.07, 6.45) is 0.816. The summed E-state index contributed by atoms with van der Waals surface area (Å²) in [4.78, 5) is 13.5. The highest BCUT2D eigenvalue weighted by molar-refractivity contribution is 7.14. The number of carbonyl (C=O) groups is 1. The molecule has 0 amide bonds. The average Bonchev–Trinajstić information content (AvgIpc) is 2.59. The quantitative estimate of drug-likeness (QED) is 0.421. The van der Waals surface area contributed by atoms with Gasteiger partial charge in [0.2, 0.25) is 0 Å². The van der Waals surface area contributed by atoms with E-state index < -0.39 is 0 Å². The fourth-order valence-corrected chi connectivity index (χ4v) is 1.86. The van der Waals surface area contributed by atoms with Crippen LogP contribution < -0.4 is 0 Å². The van der Waals surface area contributed by atoms with E-state index in [9.17, 15) is 4.79 Å². The summed E-state index contributed by atoms with van der Waals surface area (Å²) in [6.45, 7) is 8.46. The van der Waals surface area contributed by atoms with Gasteiger partial charge in [0.05, 0.1) is 11.5 Å². The molecule has 0 aliphatic heterocycles. The topological polar surface area (TPSA) is 26.3 Å². The maximum atomic E-state index is 11.6. The minimum atomic E-state index is 0.0646. The Bertz CT molecular complexity index is 352. The molecule has 0 spiro atoms. The van der Waals surface area contributed by atoms with Gasteiger partial charge < -0.3 is 4.74 Å². The summed E-state index contributed by atoms with van der Waals surface area (Å²) in [5.74, 6) is 0.0646. The molecule has 0 radical (unpaired) electrons. The van der Waals surface area contributed by atoms with E-state index in [1.807, 2.05) is 26.0 Å². The second-order valence-corrected chi connectivity index (χ2v) is 4.88. The molecule has 1 rings (SSSR count). The molecular weight excluding hydrogens is 208 g/mol. The van der Waals surface area contributed by atoms with Gasteiger partial charge in [-0.2, -0.15) is 0 Å². The van der Waals surface area contributed by atoms with E-state index in [4.69, 9.17) is 4.74 Å². The van der Waals surface area contributed by atoms with Gasteiger partial charge in [0.1, 0.15) is 6.61 Å². The van der Waals surface area contributed by atoms with Crippen LogP contribution in [0.4, 0.5) is 0 Å². The summed E-state index contributed by atoms with van der Waals surface area (Å²) in [5, 5.41) is 0. The van der Waals surface area contributed by atoms with Crippen molar-refractivity contribution in [1.82, 2.24) is 0 Å². The number of hydrogen-bond donors (Lipinski definition) is 0. The normalized spacial score (nSPS) is 10.3. The molecule has 0 unspecified atom stereocenters. The molecule has 15 heavy (non-hydrogen) atoms. The molecule has 0 N–H and O–H groups in total. The third-order valence-corrected chi connectivity index (χ3v) is 2.96. The fourth-order valence-electron chi connectivity index (χ4n) is 1.07. The van der Waals surface area contributed by atoms with Gasteiger partial charge in [-0.15, -0.1) is 17.9 Å². The van der Waals surface area contributed by atoms with Crippen LogP contribution in [0.15, 0.2) is 24.3 Å². The molecule has 0 aliphatic rings. The zero-order chi connectivity index (χ0) is 11.3. The van der Waals surface area contributed by atoms with Gasteiger partial charge in [-0.3, -0.25) is 4.79 Å². The van der Waals surface area contributed by atoms with Gasteiger partial charge in [-0.25, -0.2) is 0 Å². The Balaban J connectivity index is 2.28. The zero-order valence-corrected chi connectivity index (χ0v) is 10.0. The Labute approximate surface area is 94.6 Å². The van der Waals surface area contributed by atoms with Crippen LogP contribution in [0, 0.1) is 6.92 Å². The zero-order valence-electron chi connectivity index (χ0n) is 9.21. The van der Waals surface area contributed by atoms with E-state index in [1.54, 1.807) is 0 Å². The lowest BCUT2D eigenvalue weighted by atomic mass is 10.3. The molecule has 3 heteroatoms. The van der Waals surface area contributed by atoms with Gasteiger partial charge in [-0.05, 0) is 32.4 Å². The molecule has 0 saturated carbocycles. The van der Waals surface area contributed by atoms with Crippen LogP contribution in [0.25, 0.3) is 0 Å². The fraction of sp³-hybridized carbons (Fsp3) is 0.417. The highest BCUT2D eigenvalue weighted by Gasteiger charge is 2.07. The molecule has 1 aromatic rings. The predicted molar refractivity (Wildman–Crippen MR) is 63.6 cm³/mol. The minimum absolute atomic E-state index is 0.0646. The number of carbonyl (C=O) groups excluding carboxylic acids is 1. The molecule has 82 valence electrons. The molecular formula is C12H16O2S. The van der Waals surface area contributed by atoms with Crippen LogP contribution in [0.3, 0.4) is 0 Å². The van der Waals surface area contributed by atoms with Gasteiger partial charge in [0.25, 0.3) is 0 Å². The summed E-state index contributed by atoms with van der Waals surface area (Å²) in [6, 6.07) is 3.80.